The number of aryl methyl sites for hydroxylation is 4. The van der Waals surface area contributed by atoms with Crippen LogP contribution in [0.2, 0.25) is 0 Å². The third-order valence-corrected chi connectivity index (χ3v) is 5.64. The van der Waals surface area contributed by atoms with Crippen molar-refractivity contribution in [3.05, 3.63) is 80.6 Å². The van der Waals surface area contributed by atoms with E-state index in [9.17, 15) is 14.4 Å². The molecule has 0 fully saturated rings. The highest BCUT2D eigenvalue weighted by molar-refractivity contribution is 6.21. The van der Waals surface area contributed by atoms with E-state index in [1.807, 2.05) is 18.4 Å². The fraction of sp³-hybridized carbons (Fsp3) is 0.292. The smallest absolute Gasteiger partial charge is 0.261 e. The molecule has 0 radical (unpaired) electrons. The minimum atomic E-state index is -0.227. The number of nitrogens with zero attached hydrogens (tertiary/aromatic N) is 2. The molecule has 1 aliphatic heterocycles. The van der Waals surface area contributed by atoms with E-state index in [0.29, 0.717) is 37.1 Å². The summed E-state index contributed by atoms with van der Waals surface area (Å²) in [5.74, 6) is -0.454. The highest BCUT2D eigenvalue weighted by atomic mass is 16.2. The molecular weight excluding hydrogens is 364 g/mol. The number of unbranched alkanes of at least 4 members (excludes halogenated alkanes) is 1. The van der Waals surface area contributed by atoms with Crippen LogP contribution in [-0.2, 0) is 6.54 Å². The Morgan fingerprint density at radius 2 is 1.38 bits per heavy atom. The van der Waals surface area contributed by atoms with E-state index in [4.69, 9.17) is 0 Å². The average molecular weight is 388 g/mol. The van der Waals surface area contributed by atoms with Crippen LogP contribution in [0.3, 0.4) is 0 Å². The first-order valence-corrected chi connectivity index (χ1v) is 9.95. The van der Waals surface area contributed by atoms with Crippen molar-refractivity contribution >= 4 is 22.7 Å². The van der Waals surface area contributed by atoms with E-state index < -0.39 is 0 Å². The Morgan fingerprint density at radius 3 is 2.03 bits per heavy atom. The second kappa shape index (κ2) is 7.32. The van der Waals surface area contributed by atoms with Crippen LogP contribution in [0.15, 0.2) is 47.3 Å². The Morgan fingerprint density at radius 1 is 0.759 bits per heavy atom. The maximum atomic E-state index is 12.6. The van der Waals surface area contributed by atoms with Crippen molar-refractivity contribution < 1.29 is 9.59 Å². The molecule has 0 spiro atoms. The molecule has 0 atom stereocenters. The summed E-state index contributed by atoms with van der Waals surface area (Å²) in [5, 5.41) is 1.10. The second-order valence-electron chi connectivity index (χ2n) is 7.81. The topological polar surface area (TPSA) is 59.4 Å². The van der Waals surface area contributed by atoms with Crippen LogP contribution in [0.5, 0.6) is 0 Å². The number of rotatable bonds is 5. The number of aromatic nitrogens is 1. The highest BCUT2D eigenvalue weighted by Crippen LogP contribution is 2.24. The van der Waals surface area contributed by atoms with Gasteiger partial charge in [-0.1, -0.05) is 23.8 Å². The Kier molecular flexibility index (Phi) is 4.82. The lowest BCUT2D eigenvalue weighted by Crippen LogP contribution is -2.31. The number of fused-ring (bicyclic) bond motifs is 2. The van der Waals surface area contributed by atoms with Crippen LogP contribution in [0.25, 0.3) is 10.9 Å². The van der Waals surface area contributed by atoms with Crippen LogP contribution in [-0.4, -0.2) is 27.8 Å². The minimum Gasteiger partial charge on any atom is -0.308 e. The van der Waals surface area contributed by atoms with Crippen LogP contribution >= 0.6 is 0 Å². The summed E-state index contributed by atoms with van der Waals surface area (Å²) in [4.78, 5) is 38.9. The van der Waals surface area contributed by atoms with Crippen LogP contribution in [0.4, 0.5) is 0 Å². The van der Waals surface area contributed by atoms with E-state index in [1.54, 1.807) is 30.3 Å². The summed E-state index contributed by atoms with van der Waals surface area (Å²) >= 11 is 0. The molecule has 1 aromatic heterocycles. The van der Waals surface area contributed by atoms with E-state index in [-0.39, 0.29) is 17.4 Å². The molecular formula is C24H24N2O3. The quantitative estimate of drug-likeness (QED) is 0.490. The molecule has 2 amide bonds. The standard InChI is InChI=1S/C24H24N2O3/c1-15-12-17(3)22-20(13-15)16(2)14-21(27)25(22)10-6-7-11-26-23(28)18-8-4-5-9-19(18)24(26)29/h4-5,8-9,12-14H,6-7,10-11H2,1-3H3. The Balaban J connectivity index is 1.50. The maximum Gasteiger partial charge on any atom is 0.261 e. The zero-order valence-electron chi connectivity index (χ0n) is 17.0. The molecule has 5 nitrogen and oxygen atoms in total. The van der Waals surface area contributed by atoms with Crippen LogP contribution in [0, 0.1) is 20.8 Å². The second-order valence-corrected chi connectivity index (χ2v) is 7.81. The summed E-state index contributed by atoms with van der Waals surface area (Å²) in [7, 11) is 0. The van der Waals surface area contributed by atoms with Gasteiger partial charge in [-0.2, -0.15) is 0 Å². The summed E-state index contributed by atoms with van der Waals surface area (Å²) in [6.45, 7) is 6.98. The maximum absolute atomic E-state index is 12.6. The zero-order valence-corrected chi connectivity index (χ0v) is 17.0. The van der Waals surface area contributed by atoms with E-state index in [1.165, 1.54) is 10.5 Å². The van der Waals surface area contributed by atoms with Crippen molar-refractivity contribution in [3.63, 3.8) is 0 Å². The Hall–Kier alpha value is -3.21. The van der Waals surface area contributed by atoms with Gasteiger partial charge in [-0.3, -0.25) is 19.3 Å². The first-order valence-electron chi connectivity index (χ1n) is 9.95. The normalized spacial score (nSPS) is 13.4. The zero-order chi connectivity index (χ0) is 20.7. The number of carbonyl (C=O) groups excluding carboxylic acids is 2. The lowest BCUT2D eigenvalue weighted by Gasteiger charge is -2.16. The van der Waals surface area contributed by atoms with Gasteiger partial charge in [0.05, 0.1) is 16.6 Å². The SMILES string of the molecule is Cc1cc(C)c2c(c1)c(C)cc(=O)n2CCCCN1C(=O)c2ccccc2C1=O. The van der Waals surface area contributed by atoms with Crippen LogP contribution < -0.4 is 5.56 Å². The minimum absolute atomic E-state index is 0.0114. The first kappa shape index (κ1) is 19.1. The van der Waals surface area contributed by atoms with E-state index >= 15 is 0 Å². The van der Waals surface area contributed by atoms with Gasteiger partial charge in [0, 0.05) is 24.5 Å². The van der Waals surface area contributed by atoms with Gasteiger partial charge in [0.15, 0.2) is 0 Å². The molecule has 0 saturated heterocycles. The number of pyridine rings is 1. The molecule has 29 heavy (non-hydrogen) atoms. The van der Waals surface area contributed by atoms with E-state index in [2.05, 4.69) is 19.1 Å². The largest absolute Gasteiger partial charge is 0.308 e. The molecule has 3 aromatic rings. The van der Waals surface area contributed by atoms with Gasteiger partial charge in [0.25, 0.3) is 17.4 Å². The van der Waals surface area contributed by atoms with Crippen molar-refractivity contribution in [2.24, 2.45) is 0 Å². The summed E-state index contributed by atoms with van der Waals surface area (Å²) in [5.41, 5.74) is 5.16. The van der Waals surface area contributed by atoms with Crippen molar-refractivity contribution in [1.82, 2.24) is 9.47 Å². The molecule has 2 aromatic carbocycles. The van der Waals surface area contributed by atoms with Crippen molar-refractivity contribution in [2.75, 3.05) is 6.54 Å². The average Bonchev–Trinajstić information content (AvgIpc) is 2.92. The van der Waals surface area contributed by atoms with Crippen molar-refractivity contribution in [2.45, 2.75) is 40.2 Å². The monoisotopic (exact) mass is 388 g/mol. The van der Waals surface area contributed by atoms with Gasteiger partial charge in [-0.25, -0.2) is 0 Å². The number of benzene rings is 2. The molecule has 2 heterocycles. The number of amides is 2. The predicted molar refractivity (Wildman–Crippen MR) is 113 cm³/mol. The molecule has 1 aliphatic rings. The van der Waals surface area contributed by atoms with Gasteiger partial charge in [-0.05, 0) is 62.9 Å². The summed E-state index contributed by atoms with van der Waals surface area (Å²) in [6, 6.07) is 12.8. The van der Waals surface area contributed by atoms with Gasteiger partial charge in [0.2, 0.25) is 0 Å². The predicted octanol–water partition coefficient (Wildman–Crippen LogP) is 4.00. The fourth-order valence-corrected chi connectivity index (χ4v) is 4.27. The van der Waals surface area contributed by atoms with Gasteiger partial charge >= 0.3 is 0 Å². The lowest BCUT2D eigenvalue weighted by molar-refractivity contribution is 0.0651. The third-order valence-electron chi connectivity index (χ3n) is 5.64. The number of imide groups is 1. The number of hydrogen-bond donors (Lipinski definition) is 0. The van der Waals surface area contributed by atoms with Gasteiger partial charge in [0.1, 0.15) is 0 Å². The Labute approximate surface area is 169 Å². The number of hydrogen-bond acceptors (Lipinski definition) is 3. The molecule has 0 saturated carbocycles. The lowest BCUT2D eigenvalue weighted by atomic mass is 10.0. The van der Waals surface area contributed by atoms with Crippen LogP contribution in [0.1, 0.15) is 50.2 Å². The molecule has 0 N–H and O–H groups in total. The summed E-state index contributed by atoms with van der Waals surface area (Å²) < 4.78 is 1.82. The van der Waals surface area contributed by atoms with Gasteiger partial charge in [-0.15, -0.1) is 0 Å². The molecule has 0 bridgehead atoms. The molecule has 4 rings (SSSR count). The molecule has 5 heteroatoms. The molecule has 0 aliphatic carbocycles. The molecule has 148 valence electrons. The van der Waals surface area contributed by atoms with Crippen molar-refractivity contribution in [1.29, 1.82) is 0 Å². The Bertz CT molecular complexity index is 1170. The first-order chi connectivity index (χ1) is 13.9. The number of carbonyl (C=O) groups is 2. The third kappa shape index (κ3) is 3.27. The summed E-state index contributed by atoms with van der Waals surface area (Å²) in [6.07, 6.45) is 1.36. The highest BCUT2D eigenvalue weighted by Gasteiger charge is 2.34. The fourth-order valence-electron chi connectivity index (χ4n) is 4.27. The van der Waals surface area contributed by atoms with Gasteiger partial charge < -0.3 is 4.57 Å². The van der Waals surface area contributed by atoms with Crippen molar-refractivity contribution in [3.8, 4) is 0 Å². The van der Waals surface area contributed by atoms with E-state index in [0.717, 1.165) is 22.0 Å². The molecule has 0 unspecified atom stereocenters.